The van der Waals surface area contributed by atoms with Crippen LogP contribution in [0.1, 0.15) is 36.8 Å². The van der Waals surface area contributed by atoms with E-state index in [-0.39, 0.29) is 24.8 Å². The van der Waals surface area contributed by atoms with Gasteiger partial charge in [0.15, 0.2) is 0 Å². The molecule has 1 aromatic rings. The maximum absolute atomic E-state index is 3.87. The van der Waals surface area contributed by atoms with E-state index in [1.54, 1.807) is 11.1 Å². The Kier molecular flexibility index (Phi) is 5.59. The topological polar surface area (TPSA) is 24.1 Å². The molecule has 0 unspecified atom stereocenters. The van der Waals surface area contributed by atoms with Gasteiger partial charge in [-0.2, -0.15) is 0 Å². The Hall–Kier alpha value is -0.280. The normalized spacial score (nSPS) is 30.4. The van der Waals surface area contributed by atoms with E-state index < -0.39 is 0 Å². The van der Waals surface area contributed by atoms with Crippen LogP contribution in [0.3, 0.4) is 0 Å². The van der Waals surface area contributed by atoms with E-state index in [9.17, 15) is 0 Å². The van der Waals surface area contributed by atoms with E-state index in [2.05, 4.69) is 34.9 Å². The number of nitrogens with one attached hydrogen (secondary N) is 2. The van der Waals surface area contributed by atoms with Crippen LogP contribution in [0.4, 0.5) is 0 Å². The highest BCUT2D eigenvalue weighted by Crippen LogP contribution is 2.56. The number of rotatable bonds is 3. The molecule has 2 fully saturated rings. The van der Waals surface area contributed by atoms with Crippen molar-refractivity contribution in [2.45, 2.75) is 43.6 Å². The van der Waals surface area contributed by atoms with Gasteiger partial charge in [0.05, 0.1) is 0 Å². The lowest BCUT2D eigenvalue weighted by molar-refractivity contribution is 0.351. The molecule has 1 spiro atoms. The SMILES string of the molecule is Cl.Cl.c1ccc2c(c1)CC[C@]21C[C@H]1NCC1CCNCC1. The molecule has 4 heteroatoms. The van der Waals surface area contributed by atoms with Crippen LogP contribution in [0.5, 0.6) is 0 Å². The number of hydrogen-bond acceptors (Lipinski definition) is 2. The average molecular weight is 329 g/mol. The van der Waals surface area contributed by atoms with Gasteiger partial charge in [-0.15, -0.1) is 24.8 Å². The molecule has 1 saturated carbocycles. The first-order chi connectivity index (χ1) is 9.38. The zero-order valence-corrected chi connectivity index (χ0v) is 14.1. The molecule has 118 valence electrons. The minimum Gasteiger partial charge on any atom is -0.317 e. The first-order valence-corrected chi connectivity index (χ1v) is 7.91. The first kappa shape index (κ1) is 17.1. The molecule has 4 rings (SSSR count). The summed E-state index contributed by atoms with van der Waals surface area (Å²) in [4.78, 5) is 0. The van der Waals surface area contributed by atoms with Crippen LogP contribution in [-0.4, -0.2) is 25.7 Å². The fourth-order valence-electron chi connectivity index (χ4n) is 4.26. The zero-order chi connectivity index (χ0) is 12.7. The molecule has 0 amide bonds. The minimum absolute atomic E-state index is 0. The maximum atomic E-state index is 3.87. The number of benzene rings is 1. The third kappa shape index (κ3) is 3.10. The Morgan fingerprint density at radius 1 is 1.14 bits per heavy atom. The van der Waals surface area contributed by atoms with Crippen molar-refractivity contribution >= 4 is 24.8 Å². The molecule has 21 heavy (non-hydrogen) atoms. The zero-order valence-electron chi connectivity index (χ0n) is 12.4. The van der Waals surface area contributed by atoms with Crippen LogP contribution in [0.2, 0.25) is 0 Å². The molecule has 0 aromatic heterocycles. The van der Waals surface area contributed by atoms with Gasteiger partial charge in [0, 0.05) is 11.5 Å². The summed E-state index contributed by atoms with van der Waals surface area (Å²) in [6.45, 7) is 3.66. The quantitative estimate of drug-likeness (QED) is 0.891. The number of piperidine rings is 1. The van der Waals surface area contributed by atoms with E-state index in [4.69, 9.17) is 0 Å². The van der Waals surface area contributed by atoms with Crippen LogP contribution < -0.4 is 10.6 Å². The molecule has 1 aromatic carbocycles. The van der Waals surface area contributed by atoms with Crippen molar-refractivity contribution in [3.05, 3.63) is 35.4 Å². The molecule has 1 saturated heterocycles. The molecular weight excluding hydrogens is 303 g/mol. The first-order valence-electron chi connectivity index (χ1n) is 7.91. The average Bonchev–Trinajstić information content (AvgIpc) is 3.06. The Labute approximate surface area is 140 Å². The summed E-state index contributed by atoms with van der Waals surface area (Å²) in [7, 11) is 0. The van der Waals surface area contributed by atoms with Crippen LogP contribution in [0, 0.1) is 5.92 Å². The van der Waals surface area contributed by atoms with Crippen LogP contribution in [-0.2, 0) is 11.8 Å². The van der Waals surface area contributed by atoms with Gasteiger partial charge < -0.3 is 10.6 Å². The molecule has 2 aliphatic carbocycles. The van der Waals surface area contributed by atoms with Crippen molar-refractivity contribution < 1.29 is 0 Å². The van der Waals surface area contributed by atoms with Gasteiger partial charge in [-0.3, -0.25) is 0 Å². The van der Waals surface area contributed by atoms with Crippen molar-refractivity contribution in [1.82, 2.24) is 10.6 Å². The number of aryl methyl sites for hydroxylation is 1. The Balaban J connectivity index is 0.000000807. The maximum Gasteiger partial charge on any atom is 0.0174 e. The van der Waals surface area contributed by atoms with Crippen molar-refractivity contribution in [3.8, 4) is 0 Å². The van der Waals surface area contributed by atoms with Gasteiger partial charge in [0.1, 0.15) is 0 Å². The molecule has 0 bridgehead atoms. The van der Waals surface area contributed by atoms with Crippen molar-refractivity contribution in [3.63, 3.8) is 0 Å². The highest BCUT2D eigenvalue weighted by atomic mass is 35.5. The second-order valence-electron chi connectivity index (χ2n) is 6.67. The summed E-state index contributed by atoms with van der Waals surface area (Å²) >= 11 is 0. The van der Waals surface area contributed by atoms with Crippen molar-refractivity contribution in [2.75, 3.05) is 19.6 Å². The lowest BCUT2D eigenvalue weighted by Crippen LogP contribution is -2.35. The molecule has 1 heterocycles. The second-order valence-corrected chi connectivity index (χ2v) is 6.67. The van der Waals surface area contributed by atoms with E-state index in [1.165, 1.54) is 51.7 Å². The fourth-order valence-corrected chi connectivity index (χ4v) is 4.26. The van der Waals surface area contributed by atoms with E-state index >= 15 is 0 Å². The minimum atomic E-state index is 0. The lowest BCUT2D eigenvalue weighted by atomic mass is 9.96. The van der Waals surface area contributed by atoms with E-state index in [1.807, 2.05) is 0 Å². The third-order valence-electron chi connectivity index (χ3n) is 5.58. The molecule has 0 radical (unpaired) electrons. The van der Waals surface area contributed by atoms with Crippen molar-refractivity contribution in [1.29, 1.82) is 0 Å². The predicted molar refractivity (Wildman–Crippen MR) is 92.9 cm³/mol. The van der Waals surface area contributed by atoms with Crippen LogP contribution in [0.25, 0.3) is 0 Å². The number of fused-ring (bicyclic) bond motifs is 2. The molecule has 3 aliphatic rings. The molecular formula is C17H26Cl2N2. The van der Waals surface area contributed by atoms with Gasteiger partial charge in [-0.1, -0.05) is 24.3 Å². The Bertz CT molecular complexity index is 474. The fraction of sp³-hybridized carbons (Fsp3) is 0.647. The summed E-state index contributed by atoms with van der Waals surface area (Å²) in [5.74, 6) is 0.899. The molecule has 1 aliphatic heterocycles. The highest BCUT2D eigenvalue weighted by molar-refractivity contribution is 5.85. The Morgan fingerprint density at radius 3 is 2.71 bits per heavy atom. The molecule has 2 atom stereocenters. The third-order valence-corrected chi connectivity index (χ3v) is 5.58. The summed E-state index contributed by atoms with van der Waals surface area (Å²) in [5, 5.41) is 7.32. The number of hydrogen-bond donors (Lipinski definition) is 2. The van der Waals surface area contributed by atoms with Crippen molar-refractivity contribution in [2.24, 2.45) is 5.92 Å². The van der Waals surface area contributed by atoms with Gasteiger partial charge in [-0.05, 0) is 68.8 Å². The van der Waals surface area contributed by atoms with Gasteiger partial charge in [-0.25, -0.2) is 0 Å². The van der Waals surface area contributed by atoms with Gasteiger partial charge in [0.2, 0.25) is 0 Å². The highest BCUT2D eigenvalue weighted by Gasteiger charge is 2.57. The number of halogens is 2. The molecule has 2 N–H and O–H groups in total. The van der Waals surface area contributed by atoms with Crippen LogP contribution >= 0.6 is 24.8 Å². The van der Waals surface area contributed by atoms with E-state index in [0.29, 0.717) is 5.41 Å². The Morgan fingerprint density at radius 2 is 1.90 bits per heavy atom. The summed E-state index contributed by atoms with van der Waals surface area (Å²) < 4.78 is 0. The van der Waals surface area contributed by atoms with E-state index in [0.717, 1.165) is 12.0 Å². The standard InChI is InChI=1S/C17H24N2.2ClH/c1-2-4-15-14(3-1)5-8-17(15)11-16(17)19-12-13-6-9-18-10-7-13;;/h1-4,13,16,18-19H,5-12H2;2*1H/t16-,17+;;/m1../s1. The summed E-state index contributed by atoms with van der Waals surface area (Å²) in [5.41, 5.74) is 3.77. The second kappa shape index (κ2) is 6.87. The summed E-state index contributed by atoms with van der Waals surface area (Å²) in [6.07, 6.45) is 6.74. The summed E-state index contributed by atoms with van der Waals surface area (Å²) in [6, 6.07) is 9.86. The predicted octanol–water partition coefficient (Wildman–Crippen LogP) is 3.08. The smallest absolute Gasteiger partial charge is 0.0174 e. The monoisotopic (exact) mass is 328 g/mol. The van der Waals surface area contributed by atoms with Gasteiger partial charge >= 0.3 is 0 Å². The lowest BCUT2D eigenvalue weighted by Gasteiger charge is -2.23. The largest absolute Gasteiger partial charge is 0.317 e. The van der Waals surface area contributed by atoms with Gasteiger partial charge in [0.25, 0.3) is 0 Å². The van der Waals surface area contributed by atoms with Crippen LogP contribution in [0.15, 0.2) is 24.3 Å². The molecule has 2 nitrogen and oxygen atoms in total.